The fourth-order valence-electron chi connectivity index (χ4n) is 1.71. The van der Waals surface area contributed by atoms with Gasteiger partial charge >= 0.3 is 0 Å². The zero-order chi connectivity index (χ0) is 9.80. The average Bonchev–Trinajstić information content (AvgIpc) is 2.78. The Morgan fingerprint density at radius 2 is 2.64 bits per heavy atom. The number of aromatic nitrogens is 2. The third-order valence-corrected chi connectivity index (χ3v) is 2.67. The molecule has 1 aliphatic rings. The minimum Gasteiger partial charge on any atom is -0.373 e. The Labute approximate surface area is 84.3 Å². The quantitative estimate of drug-likeness (QED) is 0.762. The normalized spacial score (nSPS) is 21.6. The summed E-state index contributed by atoms with van der Waals surface area (Å²) in [5.41, 5.74) is 0. The van der Waals surface area contributed by atoms with Gasteiger partial charge in [-0.05, 0) is 18.9 Å². The smallest absolute Gasteiger partial charge is 0.134 e. The van der Waals surface area contributed by atoms with Crippen molar-refractivity contribution >= 4 is 0 Å². The average molecular weight is 195 g/mol. The Morgan fingerprint density at radius 3 is 3.29 bits per heavy atom. The van der Waals surface area contributed by atoms with Crippen LogP contribution in [0.4, 0.5) is 0 Å². The second-order valence-corrected chi connectivity index (χ2v) is 3.83. The van der Waals surface area contributed by atoms with Crippen LogP contribution in [0.2, 0.25) is 0 Å². The van der Waals surface area contributed by atoms with Crippen LogP contribution in [0.25, 0.3) is 0 Å². The zero-order valence-electron chi connectivity index (χ0n) is 8.57. The van der Waals surface area contributed by atoms with Gasteiger partial charge in [0, 0.05) is 26.0 Å². The van der Waals surface area contributed by atoms with Gasteiger partial charge in [-0.3, -0.25) is 0 Å². The van der Waals surface area contributed by atoms with Gasteiger partial charge in [-0.25, -0.2) is 4.98 Å². The maximum atomic E-state index is 5.62. The zero-order valence-corrected chi connectivity index (χ0v) is 8.57. The van der Waals surface area contributed by atoms with Gasteiger partial charge in [0.15, 0.2) is 0 Å². The predicted octanol–water partition coefficient (Wildman–Crippen LogP) is 0.546. The van der Waals surface area contributed by atoms with Crippen molar-refractivity contribution < 1.29 is 4.74 Å². The first kappa shape index (κ1) is 9.68. The summed E-state index contributed by atoms with van der Waals surface area (Å²) in [6.07, 6.45) is 4.98. The van der Waals surface area contributed by atoms with E-state index < -0.39 is 0 Å². The molecule has 1 aliphatic heterocycles. The van der Waals surface area contributed by atoms with Crippen LogP contribution < -0.4 is 5.32 Å². The summed E-state index contributed by atoms with van der Waals surface area (Å²) >= 11 is 0. The molecule has 1 atom stereocenters. The van der Waals surface area contributed by atoms with E-state index in [9.17, 15) is 0 Å². The number of aryl methyl sites for hydroxylation is 1. The fourth-order valence-corrected chi connectivity index (χ4v) is 1.71. The maximum absolute atomic E-state index is 5.62. The minimum atomic E-state index is 0.625. The number of ether oxygens (including phenoxy) is 1. The summed E-state index contributed by atoms with van der Waals surface area (Å²) in [7, 11) is 1.99. The molecule has 0 spiro atoms. The van der Waals surface area contributed by atoms with Crippen LogP contribution in [-0.4, -0.2) is 29.2 Å². The van der Waals surface area contributed by atoms with Crippen LogP contribution in [0.1, 0.15) is 12.2 Å². The lowest BCUT2D eigenvalue weighted by Gasteiger charge is -2.08. The van der Waals surface area contributed by atoms with E-state index in [1.807, 2.05) is 17.8 Å². The van der Waals surface area contributed by atoms with Crippen molar-refractivity contribution in [2.45, 2.75) is 13.0 Å². The lowest BCUT2D eigenvalue weighted by atomic mass is 10.1. The molecule has 1 aromatic heterocycles. The summed E-state index contributed by atoms with van der Waals surface area (Å²) in [5, 5.41) is 3.33. The molecule has 0 amide bonds. The monoisotopic (exact) mass is 195 g/mol. The van der Waals surface area contributed by atoms with Crippen molar-refractivity contribution in [1.29, 1.82) is 0 Å². The van der Waals surface area contributed by atoms with E-state index in [-0.39, 0.29) is 0 Å². The van der Waals surface area contributed by atoms with Gasteiger partial charge < -0.3 is 14.6 Å². The molecule has 0 aliphatic carbocycles. The van der Waals surface area contributed by atoms with Crippen LogP contribution in [0, 0.1) is 5.92 Å². The molecule has 0 aromatic carbocycles. The SMILES string of the molecule is Cn1ccnc1COCC1CCNC1. The van der Waals surface area contributed by atoms with Crippen LogP contribution in [-0.2, 0) is 18.4 Å². The van der Waals surface area contributed by atoms with E-state index in [0.717, 1.165) is 25.5 Å². The molecule has 2 rings (SSSR count). The Bertz CT molecular complexity index is 279. The van der Waals surface area contributed by atoms with E-state index in [4.69, 9.17) is 4.74 Å². The van der Waals surface area contributed by atoms with Gasteiger partial charge in [-0.1, -0.05) is 0 Å². The van der Waals surface area contributed by atoms with E-state index in [0.29, 0.717) is 12.5 Å². The van der Waals surface area contributed by atoms with Crippen LogP contribution >= 0.6 is 0 Å². The molecular formula is C10H17N3O. The van der Waals surface area contributed by atoms with Crippen LogP contribution in [0.5, 0.6) is 0 Å². The van der Waals surface area contributed by atoms with Gasteiger partial charge in [0.05, 0.1) is 6.61 Å². The van der Waals surface area contributed by atoms with Crippen molar-refractivity contribution in [3.05, 3.63) is 18.2 Å². The summed E-state index contributed by atoms with van der Waals surface area (Å²) < 4.78 is 7.61. The first-order valence-electron chi connectivity index (χ1n) is 5.11. The summed E-state index contributed by atoms with van der Waals surface area (Å²) in [5.74, 6) is 1.69. The molecule has 1 fully saturated rings. The molecule has 2 heterocycles. The summed E-state index contributed by atoms with van der Waals surface area (Å²) in [6.45, 7) is 3.71. The maximum Gasteiger partial charge on any atom is 0.134 e. The van der Waals surface area contributed by atoms with Crippen molar-refractivity contribution in [1.82, 2.24) is 14.9 Å². The van der Waals surface area contributed by atoms with Gasteiger partial charge in [-0.15, -0.1) is 0 Å². The van der Waals surface area contributed by atoms with Gasteiger partial charge in [-0.2, -0.15) is 0 Å². The molecule has 14 heavy (non-hydrogen) atoms. The molecular weight excluding hydrogens is 178 g/mol. The number of imidazole rings is 1. The number of rotatable bonds is 4. The molecule has 1 N–H and O–H groups in total. The first-order chi connectivity index (χ1) is 6.86. The summed E-state index contributed by atoms with van der Waals surface area (Å²) in [6, 6.07) is 0. The largest absolute Gasteiger partial charge is 0.373 e. The minimum absolute atomic E-state index is 0.625. The molecule has 0 bridgehead atoms. The Kier molecular flexibility index (Phi) is 3.16. The van der Waals surface area contributed by atoms with Crippen LogP contribution in [0.3, 0.4) is 0 Å². The molecule has 0 saturated carbocycles. The molecule has 0 radical (unpaired) electrons. The molecule has 4 heteroatoms. The Hall–Kier alpha value is -0.870. The molecule has 4 nitrogen and oxygen atoms in total. The van der Waals surface area contributed by atoms with E-state index in [2.05, 4.69) is 10.3 Å². The standard InChI is InChI=1S/C10H17N3O/c1-13-5-4-12-10(13)8-14-7-9-2-3-11-6-9/h4-5,9,11H,2-3,6-8H2,1H3. The second kappa shape index (κ2) is 4.57. The number of nitrogens with zero attached hydrogens (tertiary/aromatic N) is 2. The Balaban J connectivity index is 1.70. The highest BCUT2D eigenvalue weighted by Crippen LogP contribution is 2.08. The first-order valence-corrected chi connectivity index (χ1v) is 5.11. The predicted molar refractivity (Wildman–Crippen MR) is 53.8 cm³/mol. The second-order valence-electron chi connectivity index (χ2n) is 3.83. The fraction of sp³-hybridized carbons (Fsp3) is 0.700. The van der Waals surface area contributed by atoms with Crippen molar-refractivity contribution in [3.8, 4) is 0 Å². The third-order valence-electron chi connectivity index (χ3n) is 2.67. The third kappa shape index (κ3) is 2.33. The van der Waals surface area contributed by atoms with Gasteiger partial charge in [0.25, 0.3) is 0 Å². The molecule has 1 aromatic rings. The van der Waals surface area contributed by atoms with E-state index in [1.54, 1.807) is 6.20 Å². The highest BCUT2D eigenvalue weighted by Gasteiger charge is 2.14. The summed E-state index contributed by atoms with van der Waals surface area (Å²) in [4.78, 5) is 4.20. The highest BCUT2D eigenvalue weighted by atomic mass is 16.5. The van der Waals surface area contributed by atoms with Crippen LogP contribution in [0.15, 0.2) is 12.4 Å². The van der Waals surface area contributed by atoms with Gasteiger partial charge in [0.1, 0.15) is 12.4 Å². The lowest BCUT2D eigenvalue weighted by Crippen LogP contribution is -2.14. The number of hydrogen-bond donors (Lipinski definition) is 1. The lowest BCUT2D eigenvalue weighted by molar-refractivity contribution is 0.0864. The highest BCUT2D eigenvalue weighted by molar-refractivity contribution is 4.88. The molecule has 1 saturated heterocycles. The van der Waals surface area contributed by atoms with E-state index >= 15 is 0 Å². The van der Waals surface area contributed by atoms with Gasteiger partial charge in [0.2, 0.25) is 0 Å². The molecule has 78 valence electrons. The number of hydrogen-bond acceptors (Lipinski definition) is 3. The molecule has 1 unspecified atom stereocenters. The van der Waals surface area contributed by atoms with E-state index in [1.165, 1.54) is 6.42 Å². The number of nitrogens with one attached hydrogen (secondary N) is 1. The Morgan fingerprint density at radius 1 is 1.71 bits per heavy atom. The topological polar surface area (TPSA) is 39.1 Å². The van der Waals surface area contributed by atoms with Crippen molar-refractivity contribution in [3.63, 3.8) is 0 Å². The van der Waals surface area contributed by atoms with Crippen molar-refractivity contribution in [2.24, 2.45) is 13.0 Å². The van der Waals surface area contributed by atoms with Crippen molar-refractivity contribution in [2.75, 3.05) is 19.7 Å².